The topological polar surface area (TPSA) is 58.6 Å². The lowest BCUT2D eigenvalue weighted by molar-refractivity contribution is -0.193. The van der Waals surface area contributed by atoms with Gasteiger partial charge in [0.15, 0.2) is 0 Å². The number of rotatable bonds is 6. The second-order valence-corrected chi connectivity index (χ2v) is 6.46. The van der Waals surface area contributed by atoms with Crippen molar-refractivity contribution < 1.29 is 36.6 Å². The molecule has 3 atom stereocenters. The maximum atomic E-state index is 13.4. The third-order valence-corrected chi connectivity index (χ3v) is 4.48. The van der Waals surface area contributed by atoms with Gasteiger partial charge in [0.05, 0.1) is 6.04 Å². The van der Waals surface area contributed by atoms with Gasteiger partial charge in [0, 0.05) is 0 Å². The largest absolute Gasteiger partial charge is 0.439 e. The van der Waals surface area contributed by atoms with Crippen LogP contribution in [0.4, 0.5) is 26.7 Å². The van der Waals surface area contributed by atoms with Crippen LogP contribution >= 0.6 is 0 Å². The van der Waals surface area contributed by atoms with Crippen molar-refractivity contribution >= 4 is 6.09 Å². The van der Waals surface area contributed by atoms with Crippen molar-refractivity contribution in [1.82, 2.24) is 5.32 Å². The van der Waals surface area contributed by atoms with Gasteiger partial charge in [0.25, 0.3) is 0 Å². The number of amides is 1. The highest BCUT2D eigenvalue weighted by molar-refractivity contribution is 5.70. The predicted octanol–water partition coefficient (Wildman–Crippen LogP) is 4.15. The Bertz CT molecular complexity index is 844. The highest BCUT2D eigenvalue weighted by Gasteiger charge is 2.48. The molecule has 1 heterocycles. The molecule has 2 aromatic rings. The van der Waals surface area contributed by atoms with Crippen molar-refractivity contribution in [1.29, 1.82) is 0 Å². The van der Waals surface area contributed by atoms with E-state index in [1.807, 2.05) is 0 Å². The van der Waals surface area contributed by atoms with Gasteiger partial charge in [-0.1, -0.05) is 36.4 Å². The summed E-state index contributed by atoms with van der Waals surface area (Å²) in [5.41, 5.74) is 0.584. The van der Waals surface area contributed by atoms with Gasteiger partial charge in [-0.05, 0) is 35.2 Å². The van der Waals surface area contributed by atoms with E-state index in [2.05, 4.69) is 5.32 Å². The number of cyclic esters (lactones) is 1. The van der Waals surface area contributed by atoms with E-state index < -0.39 is 42.5 Å². The van der Waals surface area contributed by atoms with Crippen LogP contribution in [-0.4, -0.2) is 29.6 Å². The Morgan fingerprint density at radius 3 is 2.46 bits per heavy atom. The number of hydrogen-bond donors (Lipinski definition) is 2. The van der Waals surface area contributed by atoms with Gasteiger partial charge in [-0.2, -0.15) is 8.78 Å². The third-order valence-electron chi connectivity index (χ3n) is 4.48. The summed E-state index contributed by atoms with van der Waals surface area (Å²) in [6.45, 7) is 0. The van der Waals surface area contributed by atoms with Crippen LogP contribution < -0.4 is 5.32 Å². The van der Waals surface area contributed by atoms with Crippen molar-refractivity contribution in [2.24, 2.45) is 0 Å². The van der Waals surface area contributed by atoms with E-state index in [-0.39, 0.29) is 12.0 Å². The van der Waals surface area contributed by atoms with Gasteiger partial charge in [-0.25, -0.2) is 18.0 Å². The number of halogens is 5. The van der Waals surface area contributed by atoms with E-state index in [4.69, 9.17) is 4.74 Å². The summed E-state index contributed by atoms with van der Waals surface area (Å²) in [7, 11) is 0. The van der Waals surface area contributed by atoms with Gasteiger partial charge >= 0.3 is 18.4 Å². The summed E-state index contributed by atoms with van der Waals surface area (Å²) in [6.07, 6.45) is -8.01. The minimum Gasteiger partial charge on any atom is -0.439 e. The van der Waals surface area contributed by atoms with Crippen LogP contribution in [0.25, 0.3) is 0 Å². The third kappa shape index (κ3) is 4.09. The molecule has 3 rings (SSSR count). The molecule has 9 heteroatoms. The molecule has 1 aliphatic heterocycles. The number of ether oxygens (including phenoxy) is 1. The lowest BCUT2D eigenvalue weighted by Gasteiger charge is -2.23. The summed E-state index contributed by atoms with van der Waals surface area (Å²) < 4.78 is 70.1. The van der Waals surface area contributed by atoms with E-state index in [0.717, 1.165) is 6.07 Å². The predicted molar refractivity (Wildman–Crippen MR) is 88.6 cm³/mol. The average molecular weight is 401 g/mol. The van der Waals surface area contributed by atoms with E-state index >= 15 is 0 Å². The molecule has 0 aromatic heterocycles. The maximum absolute atomic E-state index is 13.4. The van der Waals surface area contributed by atoms with E-state index in [9.17, 15) is 31.9 Å². The Morgan fingerprint density at radius 2 is 1.82 bits per heavy atom. The molecule has 1 amide bonds. The number of alkyl halides is 4. The summed E-state index contributed by atoms with van der Waals surface area (Å²) in [5.74, 6) is -5.06. The standard InChI is InChI=1S/C19H16F5NO3/c20-13-6-4-11(5-7-13)15-14(25-18(27)28-15)9-10-2-1-3-12(8-10)16(26)19(23,24)17(21)22/h1-8,14-17,26H,9H2,(H,25,27). The molecular weight excluding hydrogens is 385 g/mol. The molecule has 0 spiro atoms. The fourth-order valence-corrected chi connectivity index (χ4v) is 3.06. The molecule has 28 heavy (non-hydrogen) atoms. The Kier molecular flexibility index (Phi) is 5.55. The van der Waals surface area contributed by atoms with Crippen LogP contribution in [0, 0.1) is 5.82 Å². The van der Waals surface area contributed by atoms with Gasteiger partial charge < -0.3 is 15.2 Å². The van der Waals surface area contributed by atoms with E-state index in [1.54, 1.807) is 6.07 Å². The minimum atomic E-state index is -4.60. The molecule has 3 unspecified atom stereocenters. The van der Waals surface area contributed by atoms with Crippen molar-refractivity contribution in [3.05, 3.63) is 71.0 Å². The molecule has 0 radical (unpaired) electrons. The van der Waals surface area contributed by atoms with Crippen LogP contribution in [0.1, 0.15) is 28.9 Å². The quantitative estimate of drug-likeness (QED) is 0.715. The van der Waals surface area contributed by atoms with Crippen LogP contribution in [0.15, 0.2) is 48.5 Å². The molecule has 4 nitrogen and oxygen atoms in total. The fraction of sp³-hybridized carbons (Fsp3) is 0.316. The molecule has 0 aliphatic carbocycles. The normalized spacial score (nSPS) is 20.8. The molecule has 1 aliphatic rings. The first kappa shape index (κ1) is 20.1. The van der Waals surface area contributed by atoms with Gasteiger partial charge in [-0.3, -0.25) is 0 Å². The van der Waals surface area contributed by atoms with Crippen molar-refractivity contribution in [2.75, 3.05) is 0 Å². The molecule has 2 aromatic carbocycles. The summed E-state index contributed by atoms with van der Waals surface area (Å²) >= 11 is 0. The Labute approximate surface area is 156 Å². The molecule has 0 saturated carbocycles. The first-order valence-corrected chi connectivity index (χ1v) is 8.34. The smallest absolute Gasteiger partial charge is 0.408 e. The van der Waals surface area contributed by atoms with E-state index in [1.165, 1.54) is 36.4 Å². The highest BCUT2D eigenvalue weighted by Crippen LogP contribution is 2.37. The van der Waals surface area contributed by atoms with Crippen molar-refractivity contribution in [3.8, 4) is 0 Å². The molecule has 0 bridgehead atoms. The summed E-state index contributed by atoms with van der Waals surface area (Å²) in [5, 5.41) is 12.2. The zero-order chi connectivity index (χ0) is 20.5. The number of aliphatic hydroxyl groups is 1. The average Bonchev–Trinajstić information content (AvgIpc) is 3.02. The van der Waals surface area contributed by atoms with E-state index in [0.29, 0.717) is 11.1 Å². The number of hydrogen-bond acceptors (Lipinski definition) is 3. The van der Waals surface area contributed by atoms with Gasteiger partial charge in [0.2, 0.25) is 0 Å². The zero-order valence-corrected chi connectivity index (χ0v) is 14.3. The first-order chi connectivity index (χ1) is 13.2. The lowest BCUT2D eigenvalue weighted by Crippen LogP contribution is -2.34. The van der Waals surface area contributed by atoms with Crippen molar-refractivity contribution in [2.45, 2.75) is 37.0 Å². The monoisotopic (exact) mass is 401 g/mol. The SMILES string of the molecule is O=C1NC(Cc2cccc(C(O)C(F)(F)C(F)F)c2)C(c2ccc(F)cc2)O1. The highest BCUT2D eigenvalue weighted by atomic mass is 19.3. The fourth-order valence-electron chi connectivity index (χ4n) is 3.06. The minimum absolute atomic E-state index is 0.120. The zero-order valence-electron chi connectivity index (χ0n) is 14.3. The van der Waals surface area contributed by atoms with Gasteiger partial charge in [-0.15, -0.1) is 0 Å². The van der Waals surface area contributed by atoms with Crippen LogP contribution in [0.5, 0.6) is 0 Å². The van der Waals surface area contributed by atoms with Crippen molar-refractivity contribution in [3.63, 3.8) is 0 Å². The number of carbonyl (C=O) groups excluding carboxylic acids is 1. The second-order valence-electron chi connectivity index (χ2n) is 6.46. The summed E-state index contributed by atoms with van der Waals surface area (Å²) in [6, 6.07) is 9.92. The molecular formula is C19H16F5NO3. The lowest BCUT2D eigenvalue weighted by atomic mass is 9.94. The molecule has 2 N–H and O–H groups in total. The Balaban J connectivity index is 1.81. The molecule has 1 fully saturated rings. The first-order valence-electron chi connectivity index (χ1n) is 8.34. The van der Waals surface area contributed by atoms with Crippen LogP contribution in [-0.2, 0) is 11.2 Å². The Hall–Kier alpha value is -2.68. The summed E-state index contributed by atoms with van der Waals surface area (Å²) in [4.78, 5) is 11.6. The number of aliphatic hydroxyl groups excluding tert-OH is 1. The van der Waals surface area contributed by atoms with Crippen LogP contribution in [0.2, 0.25) is 0 Å². The number of nitrogens with one attached hydrogen (secondary N) is 1. The van der Waals surface area contributed by atoms with Crippen LogP contribution in [0.3, 0.4) is 0 Å². The maximum Gasteiger partial charge on any atom is 0.408 e. The number of carbonyl (C=O) groups is 1. The van der Waals surface area contributed by atoms with Gasteiger partial charge in [0.1, 0.15) is 18.0 Å². The second kappa shape index (κ2) is 7.75. The molecule has 150 valence electrons. The molecule has 1 saturated heterocycles. The Morgan fingerprint density at radius 1 is 1.14 bits per heavy atom. The number of alkyl carbamates (subject to hydrolysis) is 1. The number of benzene rings is 2.